The number of hydrogen-bond donors (Lipinski definition) is 0. The average Bonchev–Trinajstić information content (AvgIpc) is 2.29. The van der Waals surface area contributed by atoms with Crippen LogP contribution in [0.3, 0.4) is 0 Å². The molecule has 0 atom stereocenters. The lowest BCUT2D eigenvalue weighted by Gasteiger charge is -2.25. The predicted molar refractivity (Wildman–Crippen MR) is 58.8 cm³/mol. The summed E-state index contributed by atoms with van der Waals surface area (Å²) in [5, 5.41) is 0. The van der Waals surface area contributed by atoms with Gasteiger partial charge >= 0.3 is 0 Å². The van der Waals surface area contributed by atoms with Crippen LogP contribution in [-0.4, -0.2) is 34.7 Å². The number of pyridine rings is 1. The van der Waals surface area contributed by atoms with Crippen LogP contribution in [0.15, 0.2) is 24.5 Å². The molecule has 1 amide bonds. The van der Waals surface area contributed by atoms with Crippen molar-refractivity contribution in [1.82, 2.24) is 9.88 Å². The topological polar surface area (TPSA) is 50.3 Å². The Kier molecular flexibility index (Phi) is 3.29. The summed E-state index contributed by atoms with van der Waals surface area (Å²) in [4.78, 5) is 28.3. The van der Waals surface area contributed by atoms with E-state index in [0.29, 0.717) is 19.5 Å². The molecule has 0 radical (unpaired) electrons. The van der Waals surface area contributed by atoms with Crippen LogP contribution in [0.4, 0.5) is 0 Å². The van der Waals surface area contributed by atoms with Gasteiger partial charge in [0, 0.05) is 31.9 Å². The Labute approximate surface area is 94.3 Å². The summed E-state index contributed by atoms with van der Waals surface area (Å²) in [6, 6.07) is 3.89. The molecule has 0 saturated carbocycles. The lowest BCUT2D eigenvalue weighted by molar-refractivity contribution is -0.139. The highest BCUT2D eigenvalue weighted by atomic mass is 16.2. The number of amides is 1. The van der Waals surface area contributed by atoms with Gasteiger partial charge in [-0.15, -0.1) is 0 Å². The summed E-state index contributed by atoms with van der Waals surface area (Å²) in [5.41, 5.74) is 1.17. The van der Waals surface area contributed by atoms with Crippen molar-refractivity contribution >= 4 is 11.7 Å². The molecule has 0 aliphatic carbocycles. The molecule has 1 aliphatic rings. The molecular weight excluding hydrogens is 204 g/mol. The SMILES string of the molecule is O=C1CCN(CCc2ccncc2)C(=O)C1. The molecule has 16 heavy (non-hydrogen) atoms. The van der Waals surface area contributed by atoms with E-state index in [9.17, 15) is 9.59 Å². The Balaban J connectivity index is 1.87. The van der Waals surface area contributed by atoms with Gasteiger partial charge in [0.05, 0.1) is 6.42 Å². The minimum absolute atomic E-state index is 0.0368. The van der Waals surface area contributed by atoms with Gasteiger partial charge in [0.2, 0.25) is 5.91 Å². The number of aromatic nitrogens is 1. The standard InChI is InChI=1S/C12H14N2O2/c15-11-4-8-14(12(16)9-11)7-3-10-1-5-13-6-2-10/h1-2,5-6H,3-4,7-9H2. The molecule has 1 aromatic heterocycles. The normalized spacial score (nSPS) is 16.6. The number of ketones is 1. The summed E-state index contributed by atoms with van der Waals surface area (Å²) in [5.74, 6) is 0.0236. The molecule has 0 aromatic carbocycles. The fraction of sp³-hybridized carbons (Fsp3) is 0.417. The highest BCUT2D eigenvalue weighted by molar-refractivity contribution is 6.00. The highest BCUT2D eigenvalue weighted by Gasteiger charge is 2.22. The van der Waals surface area contributed by atoms with E-state index in [4.69, 9.17) is 0 Å². The summed E-state index contributed by atoms with van der Waals surface area (Å²) >= 11 is 0. The van der Waals surface area contributed by atoms with Gasteiger partial charge in [0.15, 0.2) is 0 Å². The fourth-order valence-corrected chi connectivity index (χ4v) is 1.80. The summed E-state index contributed by atoms with van der Waals surface area (Å²) in [6.45, 7) is 1.26. The maximum Gasteiger partial charge on any atom is 0.230 e. The lowest BCUT2D eigenvalue weighted by Crippen LogP contribution is -2.40. The second-order valence-corrected chi connectivity index (χ2v) is 3.95. The third-order valence-electron chi connectivity index (χ3n) is 2.78. The Morgan fingerprint density at radius 3 is 2.69 bits per heavy atom. The molecule has 1 fully saturated rings. The van der Waals surface area contributed by atoms with E-state index < -0.39 is 0 Å². The zero-order valence-corrected chi connectivity index (χ0v) is 9.06. The van der Waals surface area contributed by atoms with E-state index in [2.05, 4.69) is 4.98 Å². The Morgan fingerprint density at radius 2 is 2.00 bits per heavy atom. The van der Waals surface area contributed by atoms with E-state index in [1.807, 2.05) is 12.1 Å². The van der Waals surface area contributed by atoms with E-state index in [0.717, 1.165) is 6.42 Å². The maximum atomic E-state index is 11.5. The molecule has 0 spiro atoms. The van der Waals surface area contributed by atoms with E-state index >= 15 is 0 Å². The van der Waals surface area contributed by atoms with Gasteiger partial charge in [-0.3, -0.25) is 14.6 Å². The monoisotopic (exact) mass is 218 g/mol. The van der Waals surface area contributed by atoms with Gasteiger partial charge < -0.3 is 4.90 Å². The minimum Gasteiger partial charge on any atom is -0.342 e. The van der Waals surface area contributed by atoms with Gasteiger partial charge in [0.25, 0.3) is 0 Å². The number of carbonyl (C=O) groups excluding carboxylic acids is 2. The smallest absolute Gasteiger partial charge is 0.230 e. The van der Waals surface area contributed by atoms with Crippen LogP contribution in [0.2, 0.25) is 0 Å². The summed E-state index contributed by atoms with van der Waals surface area (Å²) < 4.78 is 0. The number of carbonyl (C=O) groups is 2. The minimum atomic E-state index is -0.0368. The van der Waals surface area contributed by atoms with Crippen molar-refractivity contribution in [2.24, 2.45) is 0 Å². The molecular formula is C12H14N2O2. The van der Waals surface area contributed by atoms with E-state index in [1.54, 1.807) is 17.3 Å². The zero-order chi connectivity index (χ0) is 11.4. The number of likely N-dealkylation sites (tertiary alicyclic amines) is 1. The van der Waals surface area contributed by atoms with Gasteiger partial charge in [-0.25, -0.2) is 0 Å². The van der Waals surface area contributed by atoms with Crippen molar-refractivity contribution in [3.05, 3.63) is 30.1 Å². The van der Waals surface area contributed by atoms with Crippen molar-refractivity contribution in [2.45, 2.75) is 19.3 Å². The molecule has 4 nitrogen and oxygen atoms in total. The van der Waals surface area contributed by atoms with Gasteiger partial charge in [-0.1, -0.05) is 0 Å². The van der Waals surface area contributed by atoms with E-state index in [1.165, 1.54) is 5.56 Å². The molecule has 2 rings (SSSR count). The summed E-state index contributed by atoms with van der Waals surface area (Å²) in [6.07, 6.45) is 4.90. The first-order valence-corrected chi connectivity index (χ1v) is 5.44. The molecule has 0 bridgehead atoms. The molecule has 1 saturated heterocycles. The molecule has 0 N–H and O–H groups in total. The molecule has 2 heterocycles. The number of hydrogen-bond acceptors (Lipinski definition) is 3. The van der Waals surface area contributed by atoms with Crippen LogP contribution in [0.25, 0.3) is 0 Å². The number of Topliss-reactive ketones (excluding diaryl/α,β-unsaturated/α-hetero) is 1. The van der Waals surface area contributed by atoms with Gasteiger partial charge in [-0.05, 0) is 24.1 Å². The molecule has 1 aliphatic heterocycles. The fourth-order valence-electron chi connectivity index (χ4n) is 1.80. The molecule has 0 unspecified atom stereocenters. The maximum absolute atomic E-state index is 11.5. The van der Waals surface area contributed by atoms with Gasteiger partial charge in [-0.2, -0.15) is 0 Å². The number of piperidine rings is 1. The lowest BCUT2D eigenvalue weighted by atomic mass is 10.1. The van der Waals surface area contributed by atoms with Crippen LogP contribution in [0, 0.1) is 0 Å². The predicted octanol–water partition coefficient (Wildman–Crippen LogP) is 0.816. The Morgan fingerprint density at radius 1 is 1.25 bits per heavy atom. The quantitative estimate of drug-likeness (QED) is 0.706. The van der Waals surface area contributed by atoms with Crippen molar-refractivity contribution in [3.63, 3.8) is 0 Å². The molecule has 1 aromatic rings. The van der Waals surface area contributed by atoms with Crippen molar-refractivity contribution in [1.29, 1.82) is 0 Å². The zero-order valence-electron chi connectivity index (χ0n) is 9.06. The second kappa shape index (κ2) is 4.88. The molecule has 84 valence electrons. The van der Waals surface area contributed by atoms with Gasteiger partial charge in [0.1, 0.15) is 5.78 Å². The first kappa shape index (κ1) is 10.8. The average molecular weight is 218 g/mol. The second-order valence-electron chi connectivity index (χ2n) is 3.95. The van der Waals surface area contributed by atoms with Crippen LogP contribution in [0.5, 0.6) is 0 Å². The number of nitrogens with zero attached hydrogens (tertiary/aromatic N) is 2. The summed E-state index contributed by atoms with van der Waals surface area (Å²) in [7, 11) is 0. The van der Waals surface area contributed by atoms with Crippen molar-refractivity contribution < 1.29 is 9.59 Å². The third-order valence-corrected chi connectivity index (χ3v) is 2.78. The van der Waals surface area contributed by atoms with Crippen molar-refractivity contribution in [2.75, 3.05) is 13.1 Å². The first-order chi connectivity index (χ1) is 7.75. The molecule has 4 heteroatoms. The Bertz CT molecular complexity index is 389. The van der Waals surface area contributed by atoms with Crippen LogP contribution < -0.4 is 0 Å². The Hall–Kier alpha value is -1.71. The van der Waals surface area contributed by atoms with Crippen LogP contribution in [0.1, 0.15) is 18.4 Å². The first-order valence-electron chi connectivity index (χ1n) is 5.44. The third kappa shape index (κ3) is 2.66. The van der Waals surface area contributed by atoms with E-state index in [-0.39, 0.29) is 18.1 Å². The van der Waals surface area contributed by atoms with Crippen molar-refractivity contribution in [3.8, 4) is 0 Å². The van der Waals surface area contributed by atoms with Crippen LogP contribution in [-0.2, 0) is 16.0 Å². The highest BCUT2D eigenvalue weighted by Crippen LogP contribution is 2.08. The largest absolute Gasteiger partial charge is 0.342 e. The van der Waals surface area contributed by atoms with Crippen LogP contribution >= 0.6 is 0 Å². The number of rotatable bonds is 3.